The number of rotatable bonds is 5. The number of aromatic amines is 1. The van der Waals surface area contributed by atoms with Crippen LogP contribution in [0.5, 0.6) is 0 Å². The second-order valence-corrected chi connectivity index (χ2v) is 9.23. The van der Waals surface area contributed by atoms with Crippen LogP contribution in [0, 0.1) is 12.8 Å². The summed E-state index contributed by atoms with van der Waals surface area (Å²) in [5.41, 5.74) is 5.55. The molecule has 3 aromatic rings. The molecule has 4 heteroatoms. The highest BCUT2D eigenvalue weighted by Crippen LogP contribution is 2.43. The lowest BCUT2D eigenvalue weighted by molar-refractivity contribution is 0.234. The fraction of sp³-hybridized carbons (Fsp3) is 0.393. The molecule has 2 aliphatic rings. The molecule has 2 heterocycles. The summed E-state index contributed by atoms with van der Waals surface area (Å²) in [5, 5.41) is 3.38. The van der Waals surface area contributed by atoms with Crippen molar-refractivity contribution >= 4 is 0 Å². The van der Waals surface area contributed by atoms with Gasteiger partial charge in [0.2, 0.25) is 0 Å². The topological polar surface area (TPSA) is 41.0 Å². The van der Waals surface area contributed by atoms with Crippen molar-refractivity contribution in [3.8, 4) is 5.69 Å². The lowest BCUT2D eigenvalue weighted by atomic mass is 9.74. The van der Waals surface area contributed by atoms with Crippen molar-refractivity contribution in [3.63, 3.8) is 0 Å². The Balaban J connectivity index is 1.63. The maximum absolute atomic E-state index is 13.8. The molecule has 1 aliphatic carbocycles. The van der Waals surface area contributed by atoms with E-state index in [2.05, 4.69) is 53.3 Å². The highest BCUT2D eigenvalue weighted by Gasteiger charge is 2.35. The van der Waals surface area contributed by atoms with E-state index in [1.807, 2.05) is 30.3 Å². The SMILES string of the molecule is Cc1[nH]n(-c2ccccc2)c(=O)c1[C@H](c1ccccc1)[C@H]1CCCC=C1N1CCCCC1. The van der Waals surface area contributed by atoms with E-state index in [0.717, 1.165) is 42.9 Å². The van der Waals surface area contributed by atoms with Crippen molar-refractivity contribution in [2.75, 3.05) is 13.1 Å². The zero-order valence-electron chi connectivity index (χ0n) is 19.0. The van der Waals surface area contributed by atoms with Gasteiger partial charge in [-0.3, -0.25) is 9.89 Å². The molecule has 1 fully saturated rings. The van der Waals surface area contributed by atoms with Crippen LogP contribution < -0.4 is 5.56 Å². The number of para-hydroxylation sites is 1. The number of hydrogen-bond donors (Lipinski definition) is 1. The van der Waals surface area contributed by atoms with Crippen molar-refractivity contribution < 1.29 is 0 Å². The van der Waals surface area contributed by atoms with Crippen molar-refractivity contribution in [1.82, 2.24) is 14.7 Å². The van der Waals surface area contributed by atoms with Crippen LogP contribution in [0.4, 0.5) is 0 Å². The van der Waals surface area contributed by atoms with Crippen LogP contribution in [0.2, 0.25) is 0 Å². The predicted molar refractivity (Wildman–Crippen MR) is 130 cm³/mol. The lowest BCUT2D eigenvalue weighted by Gasteiger charge is -2.40. The van der Waals surface area contributed by atoms with E-state index >= 15 is 0 Å². The molecule has 2 atom stereocenters. The van der Waals surface area contributed by atoms with Crippen LogP contribution in [0.1, 0.15) is 61.3 Å². The van der Waals surface area contributed by atoms with Gasteiger partial charge in [0.05, 0.1) is 5.69 Å². The van der Waals surface area contributed by atoms with Gasteiger partial charge in [0.15, 0.2) is 0 Å². The third kappa shape index (κ3) is 3.94. The number of likely N-dealkylation sites (tertiary alicyclic amines) is 1. The number of aromatic nitrogens is 2. The summed E-state index contributed by atoms with van der Waals surface area (Å²) in [6.07, 6.45) is 9.78. The molecule has 0 saturated carbocycles. The first kappa shape index (κ1) is 20.9. The van der Waals surface area contributed by atoms with Crippen LogP contribution in [-0.4, -0.2) is 27.8 Å². The van der Waals surface area contributed by atoms with Crippen LogP contribution >= 0.6 is 0 Å². The van der Waals surface area contributed by atoms with E-state index in [-0.39, 0.29) is 11.5 Å². The molecule has 1 saturated heterocycles. The molecule has 0 bridgehead atoms. The molecule has 0 spiro atoms. The Morgan fingerprint density at radius 3 is 2.31 bits per heavy atom. The van der Waals surface area contributed by atoms with Gasteiger partial charge in [-0.15, -0.1) is 0 Å². The first-order valence-corrected chi connectivity index (χ1v) is 12.1. The Morgan fingerprint density at radius 2 is 1.59 bits per heavy atom. The Bertz CT molecular complexity index is 1120. The van der Waals surface area contributed by atoms with E-state index in [1.165, 1.54) is 36.9 Å². The molecule has 1 aromatic heterocycles. The minimum Gasteiger partial charge on any atom is -0.375 e. The summed E-state index contributed by atoms with van der Waals surface area (Å²) >= 11 is 0. The summed E-state index contributed by atoms with van der Waals surface area (Å²) in [7, 11) is 0. The third-order valence-corrected chi connectivity index (χ3v) is 7.18. The van der Waals surface area contributed by atoms with E-state index in [0.29, 0.717) is 5.92 Å². The minimum absolute atomic E-state index is 0.0541. The Hall–Kier alpha value is -3.01. The van der Waals surface area contributed by atoms with Gasteiger partial charge in [0.1, 0.15) is 0 Å². The van der Waals surface area contributed by atoms with Gasteiger partial charge in [-0.2, -0.15) is 0 Å². The molecule has 0 unspecified atom stereocenters. The van der Waals surface area contributed by atoms with Crippen molar-refractivity contribution in [2.45, 2.75) is 51.4 Å². The monoisotopic (exact) mass is 427 g/mol. The second-order valence-electron chi connectivity index (χ2n) is 9.23. The molecule has 0 amide bonds. The zero-order chi connectivity index (χ0) is 21.9. The predicted octanol–water partition coefficient (Wildman–Crippen LogP) is 5.78. The molecule has 1 aliphatic heterocycles. The summed E-state index contributed by atoms with van der Waals surface area (Å²) in [6, 6.07) is 20.6. The maximum atomic E-state index is 13.8. The summed E-state index contributed by atoms with van der Waals surface area (Å²) < 4.78 is 1.72. The summed E-state index contributed by atoms with van der Waals surface area (Å²) in [6.45, 7) is 4.34. The van der Waals surface area contributed by atoms with E-state index in [1.54, 1.807) is 4.68 Å². The third-order valence-electron chi connectivity index (χ3n) is 7.18. The first-order valence-electron chi connectivity index (χ1n) is 12.1. The highest BCUT2D eigenvalue weighted by molar-refractivity contribution is 5.40. The van der Waals surface area contributed by atoms with E-state index in [9.17, 15) is 4.79 Å². The standard InChI is InChI=1S/C28H33N3O/c1-21-26(28(32)31(29-21)23-15-7-3-8-16-23)27(22-13-5-2-6-14-22)24-17-9-10-18-25(24)30-19-11-4-12-20-30/h2-3,5-8,13-16,18,24,27,29H,4,9-12,17,19-20H2,1H3/t24-,27+/m0/s1. The van der Waals surface area contributed by atoms with Crippen LogP contribution in [0.25, 0.3) is 5.69 Å². The van der Waals surface area contributed by atoms with Gasteiger partial charge in [0, 0.05) is 41.9 Å². The van der Waals surface area contributed by atoms with Gasteiger partial charge in [-0.25, -0.2) is 4.68 Å². The van der Waals surface area contributed by atoms with Gasteiger partial charge in [-0.1, -0.05) is 54.6 Å². The fourth-order valence-corrected chi connectivity index (χ4v) is 5.69. The summed E-state index contributed by atoms with van der Waals surface area (Å²) in [5.74, 6) is 0.383. The number of allylic oxidation sites excluding steroid dienone is 2. The van der Waals surface area contributed by atoms with Crippen LogP contribution in [0.3, 0.4) is 0 Å². The van der Waals surface area contributed by atoms with E-state index < -0.39 is 0 Å². The van der Waals surface area contributed by atoms with Crippen molar-refractivity contribution in [3.05, 3.63) is 99.6 Å². The number of nitrogens with one attached hydrogen (secondary N) is 1. The van der Waals surface area contributed by atoms with Gasteiger partial charge in [-0.05, 0) is 63.1 Å². The molecule has 32 heavy (non-hydrogen) atoms. The number of piperidine rings is 1. The maximum Gasteiger partial charge on any atom is 0.275 e. The quantitative estimate of drug-likeness (QED) is 0.561. The minimum atomic E-state index is 0.0541. The molecule has 0 radical (unpaired) electrons. The second kappa shape index (κ2) is 9.23. The number of hydrogen-bond acceptors (Lipinski definition) is 2. The van der Waals surface area contributed by atoms with Crippen LogP contribution in [0.15, 0.2) is 77.2 Å². The van der Waals surface area contributed by atoms with E-state index in [4.69, 9.17) is 0 Å². The number of nitrogens with zero attached hydrogens (tertiary/aromatic N) is 2. The van der Waals surface area contributed by atoms with Gasteiger partial charge in [0.25, 0.3) is 5.56 Å². The molecular weight excluding hydrogens is 394 g/mol. The molecule has 2 aromatic carbocycles. The van der Waals surface area contributed by atoms with Crippen molar-refractivity contribution in [2.24, 2.45) is 5.92 Å². The summed E-state index contributed by atoms with van der Waals surface area (Å²) in [4.78, 5) is 16.4. The zero-order valence-corrected chi connectivity index (χ0v) is 19.0. The first-order chi connectivity index (χ1) is 15.7. The smallest absolute Gasteiger partial charge is 0.275 e. The fourth-order valence-electron chi connectivity index (χ4n) is 5.69. The molecular formula is C28H33N3O. The lowest BCUT2D eigenvalue weighted by Crippen LogP contribution is -2.36. The Kier molecular flexibility index (Phi) is 6.02. The molecule has 166 valence electrons. The number of benzene rings is 2. The Labute approximate surface area is 190 Å². The number of aryl methyl sites for hydroxylation is 1. The largest absolute Gasteiger partial charge is 0.375 e. The van der Waals surface area contributed by atoms with Gasteiger partial charge >= 0.3 is 0 Å². The van der Waals surface area contributed by atoms with Crippen LogP contribution in [-0.2, 0) is 0 Å². The normalized spacial score (nSPS) is 20.1. The highest BCUT2D eigenvalue weighted by atomic mass is 16.1. The Morgan fingerprint density at radius 1 is 0.906 bits per heavy atom. The van der Waals surface area contributed by atoms with Crippen molar-refractivity contribution in [1.29, 1.82) is 0 Å². The number of H-pyrrole nitrogens is 1. The molecule has 5 rings (SSSR count). The average Bonchev–Trinajstić information content (AvgIpc) is 3.15. The average molecular weight is 428 g/mol. The van der Waals surface area contributed by atoms with Gasteiger partial charge < -0.3 is 4.90 Å². The molecule has 4 nitrogen and oxygen atoms in total. The molecule has 1 N–H and O–H groups in total.